The molecule has 5 nitrogen and oxygen atoms in total. The highest BCUT2D eigenvalue weighted by Crippen LogP contribution is 2.21. The van der Waals surface area contributed by atoms with Gasteiger partial charge in [-0.05, 0) is 26.5 Å². The zero-order valence-electron chi connectivity index (χ0n) is 11.2. The summed E-state index contributed by atoms with van der Waals surface area (Å²) in [6, 6.07) is 2.22. The molecule has 0 aliphatic carbocycles. The van der Waals surface area contributed by atoms with Gasteiger partial charge in [0.1, 0.15) is 17.9 Å². The maximum absolute atomic E-state index is 5.36. The normalized spacial score (nSPS) is 12.8. The van der Waals surface area contributed by atoms with E-state index < -0.39 is 0 Å². The Bertz CT molecular complexity index is 489. The number of rotatable bonds is 6. The summed E-state index contributed by atoms with van der Waals surface area (Å²) in [5.74, 6) is 1.97. The second-order valence-corrected chi connectivity index (χ2v) is 4.38. The number of aryl methyl sites for hydroxylation is 2. The molecule has 1 N–H and O–H groups in total. The second kappa shape index (κ2) is 5.82. The van der Waals surface area contributed by atoms with E-state index in [4.69, 9.17) is 4.42 Å². The first-order valence-electron chi connectivity index (χ1n) is 6.34. The van der Waals surface area contributed by atoms with Gasteiger partial charge in [-0.25, -0.2) is 4.98 Å². The summed E-state index contributed by atoms with van der Waals surface area (Å²) >= 11 is 0. The summed E-state index contributed by atoms with van der Waals surface area (Å²) in [6.07, 6.45) is 5.23. The van der Waals surface area contributed by atoms with Crippen molar-refractivity contribution in [2.75, 3.05) is 7.05 Å². The molecule has 1 unspecified atom stereocenters. The van der Waals surface area contributed by atoms with Gasteiger partial charge in [0.05, 0.1) is 6.26 Å². The number of nitrogens with zero attached hydrogens (tertiary/aromatic N) is 3. The Kier molecular flexibility index (Phi) is 4.15. The number of nitrogens with one attached hydrogen (secondary N) is 1. The molecule has 5 heteroatoms. The fourth-order valence-corrected chi connectivity index (χ4v) is 2.15. The number of likely N-dealkylation sites (N-methyl/N-ethyl adjacent to an activating group) is 1. The van der Waals surface area contributed by atoms with Crippen molar-refractivity contribution in [2.24, 2.45) is 0 Å². The van der Waals surface area contributed by atoms with E-state index in [0.717, 1.165) is 31.0 Å². The molecule has 2 aromatic heterocycles. The van der Waals surface area contributed by atoms with Crippen LogP contribution in [-0.4, -0.2) is 21.8 Å². The minimum absolute atomic E-state index is 0.212. The minimum atomic E-state index is 0.212. The summed E-state index contributed by atoms with van der Waals surface area (Å²) in [5, 5.41) is 7.56. The first kappa shape index (κ1) is 12.8. The van der Waals surface area contributed by atoms with Crippen molar-refractivity contribution in [3.63, 3.8) is 0 Å². The van der Waals surface area contributed by atoms with E-state index >= 15 is 0 Å². The average molecular weight is 248 g/mol. The van der Waals surface area contributed by atoms with Crippen molar-refractivity contribution < 1.29 is 4.42 Å². The Morgan fingerprint density at radius 1 is 1.50 bits per heavy atom. The van der Waals surface area contributed by atoms with E-state index in [9.17, 15) is 0 Å². The molecule has 0 aromatic carbocycles. The van der Waals surface area contributed by atoms with Crippen molar-refractivity contribution in [1.29, 1.82) is 0 Å². The third-order valence-corrected chi connectivity index (χ3v) is 3.14. The lowest BCUT2D eigenvalue weighted by Gasteiger charge is -2.15. The Hall–Kier alpha value is -1.62. The van der Waals surface area contributed by atoms with Gasteiger partial charge in [0.25, 0.3) is 0 Å². The van der Waals surface area contributed by atoms with E-state index in [1.807, 2.05) is 24.7 Å². The lowest BCUT2D eigenvalue weighted by molar-refractivity contribution is 0.494. The predicted molar refractivity (Wildman–Crippen MR) is 69.3 cm³/mol. The number of furan rings is 1. The molecule has 0 radical (unpaired) electrons. The molecule has 1 atom stereocenters. The lowest BCUT2D eigenvalue weighted by Crippen LogP contribution is -2.21. The SMILES string of the molecule is CCCn1ncnc1CC(NC)c1ccoc1C. The highest BCUT2D eigenvalue weighted by atomic mass is 16.3. The van der Waals surface area contributed by atoms with Gasteiger partial charge in [0.15, 0.2) is 0 Å². The topological polar surface area (TPSA) is 55.9 Å². The predicted octanol–water partition coefficient (Wildman–Crippen LogP) is 2.09. The summed E-state index contributed by atoms with van der Waals surface area (Å²) in [5.41, 5.74) is 1.18. The zero-order chi connectivity index (χ0) is 13.0. The number of aromatic nitrogens is 3. The van der Waals surface area contributed by atoms with Gasteiger partial charge in [0, 0.05) is 24.6 Å². The third kappa shape index (κ3) is 2.61. The van der Waals surface area contributed by atoms with Crippen molar-refractivity contribution in [3.05, 3.63) is 35.8 Å². The molecule has 98 valence electrons. The monoisotopic (exact) mass is 248 g/mol. The Balaban J connectivity index is 2.15. The van der Waals surface area contributed by atoms with Gasteiger partial charge in [-0.3, -0.25) is 4.68 Å². The van der Waals surface area contributed by atoms with Crippen LogP contribution in [0.4, 0.5) is 0 Å². The van der Waals surface area contributed by atoms with Crippen LogP contribution in [0.1, 0.15) is 36.5 Å². The molecule has 2 aromatic rings. The Morgan fingerprint density at radius 3 is 2.94 bits per heavy atom. The summed E-state index contributed by atoms with van der Waals surface area (Å²) in [6.45, 7) is 5.04. The number of hydrogen-bond acceptors (Lipinski definition) is 4. The van der Waals surface area contributed by atoms with Crippen LogP contribution in [0.15, 0.2) is 23.1 Å². The lowest BCUT2D eigenvalue weighted by atomic mass is 10.0. The first-order valence-corrected chi connectivity index (χ1v) is 6.34. The van der Waals surface area contributed by atoms with Gasteiger partial charge >= 0.3 is 0 Å². The first-order chi connectivity index (χ1) is 8.76. The fourth-order valence-electron chi connectivity index (χ4n) is 2.15. The second-order valence-electron chi connectivity index (χ2n) is 4.38. The molecular formula is C13H20N4O. The molecule has 0 aliphatic rings. The van der Waals surface area contributed by atoms with Crippen LogP contribution in [0.25, 0.3) is 0 Å². The highest BCUT2D eigenvalue weighted by molar-refractivity contribution is 5.21. The highest BCUT2D eigenvalue weighted by Gasteiger charge is 2.17. The van der Waals surface area contributed by atoms with E-state index in [0.29, 0.717) is 0 Å². The molecule has 0 aliphatic heterocycles. The zero-order valence-corrected chi connectivity index (χ0v) is 11.2. The van der Waals surface area contributed by atoms with Crippen LogP contribution < -0.4 is 5.32 Å². The van der Waals surface area contributed by atoms with E-state index in [-0.39, 0.29) is 6.04 Å². The molecule has 0 amide bonds. The molecule has 0 spiro atoms. The smallest absolute Gasteiger partial charge is 0.138 e. The van der Waals surface area contributed by atoms with Crippen LogP contribution in [-0.2, 0) is 13.0 Å². The summed E-state index contributed by atoms with van der Waals surface area (Å²) in [4.78, 5) is 4.34. The fraction of sp³-hybridized carbons (Fsp3) is 0.538. The van der Waals surface area contributed by atoms with Crippen molar-refractivity contribution in [1.82, 2.24) is 20.1 Å². The van der Waals surface area contributed by atoms with Crippen LogP contribution in [0.2, 0.25) is 0 Å². The minimum Gasteiger partial charge on any atom is -0.469 e. The maximum Gasteiger partial charge on any atom is 0.138 e. The molecule has 0 fully saturated rings. The molecule has 2 heterocycles. The average Bonchev–Trinajstić information content (AvgIpc) is 2.96. The largest absolute Gasteiger partial charge is 0.469 e. The van der Waals surface area contributed by atoms with E-state index in [1.54, 1.807) is 12.6 Å². The van der Waals surface area contributed by atoms with Gasteiger partial charge in [0.2, 0.25) is 0 Å². The third-order valence-electron chi connectivity index (χ3n) is 3.14. The standard InChI is InChI=1S/C13H20N4O/c1-4-6-17-13(15-9-16-17)8-12(14-3)11-5-7-18-10(11)2/h5,7,9,12,14H,4,6,8H2,1-3H3. The molecule has 0 bridgehead atoms. The molecule has 2 rings (SSSR count). The summed E-state index contributed by atoms with van der Waals surface area (Å²) in [7, 11) is 1.96. The van der Waals surface area contributed by atoms with Crippen LogP contribution in [0.3, 0.4) is 0 Å². The number of hydrogen-bond donors (Lipinski definition) is 1. The van der Waals surface area contributed by atoms with Crippen LogP contribution in [0.5, 0.6) is 0 Å². The van der Waals surface area contributed by atoms with Gasteiger partial charge < -0.3 is 9.73 Å². The molecule has 18 heavy (non-hydrogen) atoms. The quantitative estimate of drug-likeness (QED) is 0.850. The molecular weight excluding hydrogens is 228 g/mol. The van der Waals surface area contributed by atoms with Crippen molar-refractivity contribution in [2.45, 2.75) is 39.3 Å². The Morgan fingerprint density at radius 2 is 2.33 bits per heavy atom. The van der Waals surface area contributed by atoms with Gasteiger partial charge in [-0.1, -0.05) is 6.92 Å². The van der Waals surface area contributed by atoms with Gasteiger partial charge in [-0.15, -0.1) is 0 Å². The Labute approximate surface area is 107 Å². The van der Waals surface area contributed by atoms with Crippen molar-refractivity contribution in [3.8, 4) is 0 Å². The van der Waals surface area contributed by atoms with Crippen molar-refractivity contribution >= 4 is 0 Å². The summed E-state index contributed by atoms with van der Waals surface area (Å²) < 4.78 is 7.33. The maximum atomic E-state index is 5.36. The van der Waals surface area contributed by atoms with Crippen LogP contribution >= 0.6 is 0 Å². The van der Waals surface area contributed by atoms with E-state index in [2.05, 4.69) is 22.3 Å². The van der Waals surface area contributed by atoms with E-state index in [1.165, 1.54) is 5.56 Å². The van der Waals surface area contributed by atoms with Crippen LogP contribution in [0, 0.1) is 6.92 Å². The molecule has 0 saturated carbocycles. The molecule has 0 saturated heterocycles. The van der Waals surface area contributed by atoms with Gasteiger partial charge in [-0.2, -0.15) is 5.10 Å².